The van der Waals surface area contributed by atoms with Gasteiger partial charge in [0.1, 0.15) is 0 Å². The van der Waals surface area contributed by atoms with Crippen LogP contribution < -0.4 is 14.0 Å². The molecule has 0 aromatic carbocycles. The summed E-state index contributed by atoms with van der Waals surface area (Å²) in [4.78, 5) is 0. The summed E-state index contributed by atoms with van der Waals surface area (Å²) in [6.45, 7) is 0. The standard InChI is InChI=1S/Ca.ClHO4.4H2O.2H/c;2-1(3,4)5;;;;;;/h;(H,2,3,4,5);4*1H2;;. The molecule has 0 aliphatic heterocycles. The van der Waals surface area contributed by atoms with Crippen molar-refractivity contribution in [1.82, 2.24) is 0 Å². The first-order valence-electron chi connectivity index (χ1n) is 0.632. The Morgan fingerprint density at radius 3 is 0.800 bits per heavy atom. The molecular formula is H11CaClO8. The smallest absolute Gasteiger partial charge is 0.0777 e. The first-order chi connectivity index (χ1) is 2.00. The van der Waals surface area contributed by atoms with Gasteiger partial charge in [0.2, 0.25) is 0 Å². The Hall–Kier alpha value is 1.23. The third kappa shape index (κ3) is 413. The van der Waals surface area contributed by atoms with Crippen LogP contribution in [-0.2, 0) is 0 Å². The molecule has 0 spiro atoms. The van der Waals surface area contributed by atoms with Crippen LogP contribution in [0.25, 0.3) is 0 Å². The minimum atomic E-state index is -4.69. The average Bonchev–Trinajstić information content (AvgIpc) is 0.722. The first kappa shape index (κ1) is 43.0. The number of halogens is 1. The maximum atomic E-state index is 8.60. The normalized spacial score (nSPS) is 6.00. The number of hydrogen-bond acceptors (Lipinski definition) is 4. The molecule has 0 saturated heterocycles. The summed E-state index contributed by atoms with van der Waals surface area (Å²) in [5.74, 6) is 0. The molecule has 10 heavy (non-hydrogen) atoms. The molecule has 0 atom stereocenters. The second-order valence-electron chi connectivity index (χ2n) is 0.396. The molecule has 0 unspecified atom stereocenters. The fourth-order valence-corrected chi connectivity index (χ4v) is 0. The summed E-state index contributed by atoms with van der Waals surface area (Å²) >= 11 is 0. The minimum absolute atomic E-state index is 0. The van der Waals surface area contributed by atoms with Gasteiger partial charge in [-0.3, -0.25) is 0 Å². The zero-order chi connectivity index (χ0) is 4.50. The molecule has 0 fully saturated rings. The van der Waals surface area contributed by atoms with Crippen molar-refractivity contribution >= 4 is 37.7 Å². The zero-order valence-electron chi connectivity index (χ0n) is 4.05. The molecule has 10 heteroatoms. The molecule has 0 amide bonds. The Labute approximate surface area is 88.1 Å². The van der Waals surface area contributed by atoms with Gasteiger partial charge in [-0.15, -0.1) is 0 Å². The van der Waals surface area contributed by atoms with Crippen molar-refractivity contribution in [2.75, 3.05) is 0 Å². The molecular weight excluding hydrogens is 204 g/mol. The van der Waals surface area contributed by atoms with Gasteiger partial charge in [0.05, 0.1) is 14.9 Å². The fourth-order valence-electron chi connectivity index (χ4n) is 0. The van der Waals surface area contributed by atoms with Gasteiger partial charge in [0.25, 0.3) is 0 Å². The van der Waals surface area contributed by atoms with Crippen LogP contribution in [0.5, 0.6) is 0 Å². The molecule has 0 radical (unpaired) electrons. The van der Waals surface area contributed by atoms with E-state index in [2.05, 4.69) is 0 Å². The molecule has 0 aliphatic carbocycles. The third-order valence-electron chi connectivity index (χ3n) is 0. The van der Waals surface area contributed by atoms with Crippen LogP contribution in [0.3, 0.4) is 0 Å². The van der Waals surface area contributed by atoms with E-state index in [9.17, 15) is 0 Å². The summed E-state index contributed by atoms with van der Waals surface area (Å²) in [6, 6.07) is 0. The second kappa shape index (κ2) is 16.7. The molecule has 0 aromatic rings. The predicted octanol–water partition coefficient (Wildman–Crippen LogP) is -8.34. The third-order valence-corrected chi connectivity index (χ3v) is 0. The average molecular weight is 215 g/mol. The van der Waals surface area contributed by atoms with Crippen molar-refractivity contribution in [3.63, 3.8) is 0 Å². The molecule has 68 valence electrons. The largest absolute Gasteiger partial charge is 0.183 e. The molecule has 9 N–H and O–H groups in total. The van der Waals surface area contributed by atoms with Gasteiger partial charge in [-0.05, 0) is 0 Å². The Kier molecular flexibility index (Phi) is 71.6. The van der Waals surface area contributed by atoms with E-state index in [1.807, 2.05) is 0 Å². The van der Waals surface area contributed by atoms with Crippen molar-refractivity contribution in [3.05, 3.63) is 0 Å². The Morgan fingerprint density at radius 1 is 0.800 bits per heavy atom. The Morgan fingerprint density at radius 2 is 0.800 bits per heavy atom. The van der Waals surface area contributed by atoms with Crippen molar-refractivity contribution in [2.45, 2.75) is 0 Å². The van der Waals surface area contributed by atoms with Gasteiger partial charge in [0, 0.05) is 0 Å². The number of hydrogen-bond donors (Lipinski definition) is 1. The van der Waals surface area contributed by atoms with Gasteiger partial charge in [-0.25, -0.2) is 0 Å². The van der Waals surface area contributed by atoms with Crippen LogP contribution >= 0.6 is 0 Å². The van der Waals surface area contributed by atoms with E-state index in [4.69, 9.17) is 18.6 Å². The molecule has 0 heterocycles. The van der Waals surface area contributed by atoms with Crippen LogP contribution in [-0.4, -0.2) is 64.3 Å². The van der Waals surface area contributed by atoms with Crippen molar-refractivity contribution in [2.24, 2.45) is 0 Å². The second-order valence-corrected chi connectivity index (χ2v) is 1.19. The van der Waals surface area contributed by atoms with E-state index in [0.717, 1.165) is 0 Å². The molecule has 0 saturated carbocycles. The molecule has 0 aromatic heterocycles. The molecule has 0 rings (SSSR count). The van der Waals surface area contributed by atoms with E-state index < -0.39 is 10.2 Å². The summed E-state index contributed by atoms with van der Waals surface area (Å²) in [5, 5.41) is 0. The van der Waals surface area contributed by atoms with Crippen LogP contribution in [0.4, 0.5) is 0 Å². The maximum Gasteiger partial charge on any atom is 0.0777 e. The van der Waals surface area contributed by atoms with E-state index in [0.29, 0.717) is 0 Å². The van der Waals surface area contributed by atoms with E-state index in [-0.39, 0.29) is 59.6 Å². The molecule has 0 aliphatic rings. The van der Waals surface area contributed by atoms with Gasteiger partial charge in [-0.2, -0.15) is 14.0 Å². The minimum Gasteiger partial charge on any atom is -0.183 e. The molecule has 0 bridgehead atoms. The van der Waals surface area contributed by atoms with Crippen molar-refractivity contribution < 1.29 is 50.8 Å². The van der Waals surface area contributed by atoms with Gasteiger partial charge in [0.15, 0.2) is 0 Å². The maximum absolute atomic E-state index is 8.60. The first-order valence-corrected chi connectivity index (χ1v) is 1.90. The van der Waals surface area contributed by atoms with Crippen LogP contribution in [0, 0.1) is 10.2 Å². The SMILES string of the molecule is O.O.O.O.[CaH2].[O-][Cl+3]([O-])([O-])O. The van der Waals surface area contributed by atoms with Crippen molar-refractivity contribution in [3.8, 4) is 0 Å². The van der Waals surface area contributed by atoms with Crippen LogP contribution in [0.15, 0.2) is 0 Å². The van der Waals surface area contributed by atoms with Gasteiger partial charge < -0.3 is 21.9 Å². The topological polar surface area (TPSA) is 215 Å². The van der Waals surface area contributed by atoms with E-state index in [1.165, 1.54) is 0 Å². The van der Waals surface area contributed by atoms with Gasteiger partial charge in [-0.1, -0.05) is 0 Å². The Bertz CT molecular complexity index is 24.7. The van der Waals surface area contributed by atoms with Crippen LogP contribution in [0.1, 0.15) is 0 Å². The van der Waals surface area contributed by atoms with E-state index in [1.54, 1.807) is 0 Å². The number of rotatable bonds is 0. The summed E-state index contributed by atoms with van der Waals surface area (Å²) in [7, 11) is -4.69. The van der Waals surface area contributed by atoms with Crippen molar-refractivity contribution in [1.29, 1.82) is 0 Å². The molecule has 8 nitrogen and oxygen atoms in total. The predicted molar refractivity (Wildman–Crippen MR) is 25.2 cm³/mol. The zero-order valence-corrected chi connectivity index (χ0v) is 4.81. The summed E-state index contributed by atoms with van der Waals surface area (Å²) < 4.78 is 32.7. The van der Waals surface area contributed by atoms with E-state index >= 15 is 0 Å². The summed E-state index contributed by atoms with van der Waals surface area (Å²) in [6.07, 6.45) is 0. The monoisotopic (exact) mass is 214 g/mol. The van der Waals surface area contributed by atoms with Crippen LogP contribution in [0.2, 0.25) is 0 Å². The summed E-state index contributed by atoms with van der Waals surface area (Å²) in [5.41, 5.74) is 0. The fraction of sp³-hybridized carbons (Fsp3) is 0. The Balaban J connectivity index is -0.00000000800. The quantitative estimate of drug-likeness (QED) is 0.388. The van der Waals surface area contributed by atoms with Gasteiger partial charge >= 0.3 is 37.7 Å².